The first-order valence-electron chi connectivity index (χ1n) is 5.91. The number of nitrogens with one attached hydrogen (secondary N) is 1. The molecular weight excluding hydrogens is 260 g/mol. The normalized spacial score (nSPS) is 10.3. The van der Waals surface area contributed by atoms with Gasteiger partial charge in [-0.2, -0.15) is 0 Å². The lowest BCUT2D eigenvalue weighted by Gasteiger charge is -2.09. The SMILES string of the molecule is Cc1ccc(C(=O)Nc2ccc(N)cc2Cl)cc1C. The molecule has 0 saturated carbocycles. The molecule has 0 radical (unpaired) electrons. The quantitative estimate of drug-likeness (QED) is 0.819. The van der Waals surface area contributed by atoms with Gasteiger partial charge in [0.05, 0.1) is 10.7 Å². The van der Waals surface area contributed by atoms with Crippen molar-refractivity contribution in [3.05, 3.63) is 58.1 Å². The van der Waals surface area contributed by atoms with E-state index in [4.69, 9.17) is 17.3 Å². The van der Waals surface area contributed by atoms with Crippen molar-refractivity contribution >= 4 is 28.9 Å². The largest absolute Gasteiger partial charge is 0.399 e. The van der Waals surface area contributed by atoms with Crippen LogP contribution in [0.25, 0.3) is 0 Å². The van der Waals surface area contributed by atoms with E-state index in [1.165, 1.54) is 0 Å². The van der Waals surface area contributed by atoms with Crippen LogP contribution in [-0.2, 0) is 0 Å². The zero-order valence-electron chi connectivity index (χ0n) is 10.8. The lowest BCUT2D eigenvalue weighted by Crippen LogP contribution is -2.12. The molecule has 0 atom stereocenters. The van der Waals surface area contributed by atoms with Crippen molar-refractivity contribution in [3.8, 4) is 0 Å². The fraction of sp³-hybridized carbons (Fsp3) is 0.133. The van der Waals surface area contributed by atoms with E-state index in [0.29, 0.717) is 22.0 Å². The molecule has 0 aliphatic heterocycles. The van der Waals surface area contributed by atoms with Gasteiger partial charge in [0.2, 0.25) is 0 Å². The van der Waals surface area contributed by atoms with Crippen LogP contribution in [-0.4, -0.2) is 5.91 Å². The summed E-state index contributed by atoms with van der Waals surface area (Å²) in [6.07, 6.45) is 0. The summed E-state index contributed by atoms with van der Waals surface area (Å²) in [5, 5.41) is 3.20. The molecule has 3 N–H and O–H groups in total. The second-order valence-electron chi connectivity index (χ2n) is 4.49. The van der Waals surface area contributed by atoms with Crippen LogP contribution in [0.15, 0.2) is 36.4 Å². The highest BCUT2D eigenvalue weighted by Gasteiger charge is 2.09. The van der Waals surface area contributed by atoms with Gasteiger partial charge in [-0.05, 0) is 55.3 Å². The van der Waals surface area contributed by atoms with Gasteiger partial charge < -0.3 is 11.1 Å². The first-order chi connectivity index (χ1) is 8.97. The molecule has 0 unspecified atom stereocenters. The third-order valence-electron chi connectivity index (χ3n) is 3.01. The van der Waals surface area contributed by atoms with Crippen molar-refractivity contribution in [1.29, 1.82) is 0 Å². The second-order valence-corrected chi connectivity index (χ2v) is 4.90. The second kappa shape index (κ2) is 5.33. The minimum atomic E-state index is -0.185. The Labute approximate surface area is 117 Å². The van der Waals surface area contributed by atoms with Gasteiger partial charge in [0.15, 0.2) is 0 Å². The Morgan fingerprint density at radius 2 is 1.84 bits per heavy atom. The minimum Gasteiger partial charge on any atom is -0.399 e. The number of hydrogen-bond donors (Lipinski definition) is 2. The number of hydrogen-bond acceptors (Lipinski definition) is 2. The molecule has 0 bridgehead atoms. The van der Waals surface area contributed by atoms with Crippen molar-refractivity contribution in [2.45, 2.75) is 13.8 Å². The molecule has 1 amide bonds. The molecule has 0 spiro atoms. The summed E-state index contributed by atoms with van der Waals surface area (Å²) in [6, 6.07) is 10.6. The van der Waals surface area contributed by atoms with Gasteiger partial charge in [0, 0.05) is 11.3 Å². The Balaban J connectivity index is 2.23. The number of nitrogens with two attached hydrogens (primary N) is 1. The van der Waals surface area contributed by atoms with E-state index in [9.17, 15) is 4.79 Å². The van der Waals surface area contributed by atoms with Crippen LogP contribution in [0, 0.1) is 13.8 Å². The highest BCUT2D eigenvalue weighted by atomic mass is 35.5. The summed E-state index contributed by atoms with van der Waals surface area (Å²) in [4.78, 5) is 12.1. The molecule has 3 nitrogen and oxygen atoms in total. The molecule has 2 rings (SSSR count). The van der Waals surface area contributed by atoms with Crippen LogP contribution in [0.5, 0.6) is 0 Å². The van der Waals surface area contributed by atoms with Gasteiger partial charge in [-0.3, -0.25) is 4.79 Å². The lowest BCUT2D eigenvalue weighted by molar-refractivity contribution is 0.102. The molecule has 98 valence electrons. The molecule has 0 heterocycles. The number of rotatable bonds is 2. The average molecular weight is 275 g/mol. The lowest BCUT2D eigenvalue weighted by atomic mass is 10.1. The van der Waals surface area contributed by atoms with Crippen LogP contribution in [0.4, 0.5) is 11.4 Å². The summed E-state index contributed by atoms with van der Waals surface area (Å²) >= 11 is 6.02. The zero-order chi connectivity index (χ0) is 14.0. The fourth-order valence-corrected chi connectivity index (χ4v) is 1.95. The molecular formula is C15H15ClN2O. The number of nitrogen functional groups attached to an aromatic ring is 1. The van der Waals surface area contributed by atoms with E-state index in [1.54, 1.807) is 24.3 Å². The zero-order valence-corrected chi connectivity index (χ0v) is 11.6. The first-order valence-corrected chi connectivity index (χ1v) is 6.29. The van der Waals surface area contributed by atoms with Gasteiger partial charge in [-0.15, -0.1) is 0 Å². The molecule has 0 aromatic heterocycles. The van der Waals surface area contributed by atoms with Crippen molar-refractivity contribution in [2.75, 3.05) is 11.1 Å². The number of halogens is 1. The van der Waals surface area contributed by atoms with Gasteiger partial charge in [0.25, 0.3) is 5.91 Å². The van der Waals surface area contributed by atoms with E-state index < -0.39 is 0 Å². The van der Waals surface area contributed by atoms with E-state index in [0.717, 1.165) is 11.1 Å². The van der Waals surface area contributed by atoms with E-state index in [-0.39, 0.29) is 5.91 Å². The minimum absolute atomic E-state index is 0.185. The van der Waals surface area contributed by atoms with Crippen LogP contribution >= 0.6 is 11.6 Å². The first kappa shape index (κ1) is 13.4. The number of carbonyl (C=O) groups excluding carboxylic acids is 1. The number of carbonyl (C=O) groups is 1. The summed E-state index contributed by atoms with van der Waals surface area (Å²) in [5.41, 5.74) is 9.57. The number of anilines is 2. The molecule has 0 fully saturated rings. The Morgan fingerprint density at radius 3 is 2.47 bits per heavy atom. The van der Waals surface area contributed by atoms with Crippen LogP contribution < -0.4 is 11.1 Å². The third-order valence-corrected chi connectivity index (χ3v) is 3.32. The average Bonchev–Trinajstić information content (AvgIpc) is 2.36. The monoisotopic (exact) mass is 274 g/mol. The molecule has 0 aliphatic rings. The van der Waals surface area contributed by atoms with Crippen LogP contribution in [0.2, 0.25) is 5.02 Å². The molecule has 0 saturated heterocycles. The standard InChI is InChI=1S/C15H15ClN2O/c1-9-3-4-11(7-10(9)2)15(19)18-14-6-5-12(17)8-13(14)16/h3-8H,17H2,1-2H3,(H,18,19). The van der Waals surface area contributed by atoms with Gasteiger partial charge in [0.1, 0.15) is 0 Å². The van der Waals surface area contributed by atoms with Crippen molar-refractivity contribution in [3.63, 3.8) is 0 Å². The van der Waals surface area contributed by atoms with Gasteiger partial charge >= 0.3 is 0 Å². The highest BCUT2D eigenvalue weighted by molar-refractivity contribution is 6.34. The van der Waals surface area contributed by atoms with E-state index in [2.05, 4.69) is 5.32 Å². The number of amides is 1. The van der Waals surface area contributed by atoms with Crippen LogP contribution in [0.3, 0.4) is 0 Å². The van der Waals surface area contributed by atoms with Crippen LogP contribution in [0.1, 0.15) is 21.5 Å². The number of aryl methyl sites for hydroxylation is 2. The van der Waals surface area contributed by atoms with Crippen molar-refractivity contribution in [1.82, 2.24) is 0 Å². The summed E-state index contributed by atoms with van der Waals surface area (Å²) in [5.74, 6) is -0.185. The van der Waals surface area contributed by atoms with Gasteiger partial charge in [-0.1, -0.05) is 17.7 Å². The number of benzene rings is 2. The molecule has 2 aromatic rings. The Kier molecular flexibility index (Phi) is 3.76. The van der Waals surface area contributed by atoms with E-state index in [1.807, 2.05) is 26.0 Å². The smallest absolute Gasteiger partial charge is 0.255 e. The van der Waals surface area contributed by atoms with E-state index >= 15 is 0 Å². The molecule has 4 heteroatoms. The predicted octanol–water partition coefficient (Wildman–Crippen LogP) is 3.79. The topological polar surface area (TPSA) is 55.1 Å². The molecule has 19 heavy (non-hydrogen) atoms. The summed E-state index contributed by atoms with van der Waals surface area (Å²) in [7, 11) is 0. The molecule has 2 aromatic carbocycles. The molecule has 0 aliphatic carbocycles. The van der Waals surface area contributed by atoms with Gasteiger partial charge in [-0.25, -0.2) is 0 Å². The maximum absolute atomic E-state index is 12.1. The fourth-order valence-electron chi connectivity index (χ4n) is 1.71. The Bertz CT molecular complexity index is 638. The maximum Gasteiger partial charge on any atom is 0.255 e. The summed E-state index contributed by atoms with van der Waals surface area (Å²) < 4.78 is 0. The van der Waals surface area contributed by atoms with Crippen molar-refractivity contribution < 1.29 is 4.79 Å². The summed E-state index contributed by atoms with van der Waals surface area (Å²) in [6.45, 7) is 3.98. The van der Waals surface area contributed by atoms with Crippen molar-refractivity contribution in [2.24, 2.45) is 0 Å². The Morgan fingerprint density at radius 1 is 1.11 bits per heavy atom. The Hall–Kier alpha value is -2.00. The maximum atomic E-state index is 12.1. The predicted molar refractivity (Wildman–Crippen MR) is 79.7 cm³/mol. The highest BCUT2D eigenvalue weighted by Crippen LogP contribution is 2.24. The third kappa shape index (κ3) is 3.06.